The average Bonchev–Trinajstić information content (AvgIpc) is 2.83. The molecule has 0 aliphatic rings. The molecule has 2 nitrogen and oxygen atoms in total. The van der Waals surface area contributed by atoms with Gasteiger partial charge in [-0.05, 0) is 52.7 Å². The third-order valence-electron chi connectivity index (χ3n) is 2.48. The van der Waals surface area contributed by atoms with Crippen molar-refractivity contribution in [1.82, 2.24) is 9.38 Å². The Labute approximate surface area is 106 Å². The Hall–Kier alpha value is -1.13. The fourth-order valence-electron chi connectivity index (χ4n) is 1.73. The molecule has 0 bridgehead atoms. The SMILES string of the molecule is Cc1ccn2c(-c3ccc(Br)s3)ncc2c1. The molecule has 3 heterocycles. The smallest absolute Gasteiger partial charge is 0.154 e. The minimum atomic E-state index is 1.01. The van der Waals surface area contributed by atoms with Crippen molar-refractivity contribution in [2.75, 3.05) is 0 Å². The van der Waals surface area contributed by atoms with Gasteiger partial charge in [-0.15, -0.1) is 11.3 Å². The Morgan fingerprint density at radius 1 is 1.31 bits per heavy atom. The molecule has 0 unspecified atom stereocenters. The van der Waals surface area contributed by atoms with Crippen LogP contribution >= 0.6 is 27.3 Å². The number of halogens is 1. The maximum atomic E-state index is 4.47. The Balaban J connectivity index is 2.25. The molecule has 0 atom stereocenters. The minimum absolute atomic E-state index is 1.01. The van der Waals surface area contributed by atoms with Gasteiger partial charge in [0.15, 0.2) is 5.82 Å². The Morgan fingerprint density at radius 2 is 2.19 bits per heavy atom. The van der Waals surface area contributed by atoms with Gasteiger partial charge < -0.3 is 0 Å². The van der Waals surface area contributed by atoms with Crippen LogP contribution in [-0.2, 0) is 0 Å². The molecule has 0 saturated heterocycles. The summed E-state index contributed by atoms with van der Waals surface area (Å²) in [7, 11) is 0. The highest BCUT2D eigenvalue weighted by molar-refractivity contribution is 9.11. The van der Waals surface area contributed by atoms with Crippen molar-refractivity contribution in [3.63, 3.8) is 0 Å². The molecule has 3 aromatic heterocycles. The lowest BCUT2D eigenvalue weighted by molar-refractivity contribution is 1.16. The molecule has 0 aromatic carbocycles. The lowest BCUT2D eigenvalue weighted by Gasteiger charge is -1.99. The number of hydrogen-bond acceptors (Lipinski definition) is 2. The van der Waals surface area contributed by atoms with Crippen LogP contribution in [0.1, 0.15) is 5.56 Å². The van der Waals surface area contributed by atoms with Crippen molar-refractivity contribution in [3.8, 4) is 10.7 Å². The summed E-state index contributed by atoms with van der Waals surface area (Å²) in [5, 5.41) is 0. The third-order valence-corrected chi connectivity index (χ3v) is 4.10. The van der Waals surface area contributed by atoms with Crippen LogP contribution in [0.2, 0.25) is 0 Å². The number of hydrogen-bond donors (Lipinski definition) is 0. The first kappa shape index (κ1) is 10.1. The van der Waals surface area contributed by atoms with Crippen LogP contribution in [0.3, 0.4) is 0 Å². The van der Waals surface area contributed by atoms with Crippen molar-refractivity contribution in [3.05, 3.63) is 46.0 Å². The van der Waals surface area contributed by atoms with E-state index in [1.807, 2.05) is 6.20 Å². The van der Waals surface area contributed by atoms with E-state index < -0.39 is 0 Å². The summed E-state index contributed by atoms with van der Waals surface area (Å²) in [6, 6.07) is 8.37. The molecule has 4 heteroatoms. The van der Waals surface area contributed by atoms with E-state index in [-0.39, 0.29) is 0 Å². The second kappa shape index (κ2) is 3.71. The van der Waals surface area contributed by atoms with E-state index in [0.717, 1.165) is 15.1 Å². The van der Waals surface area contributed by atoms with Gasteiger partial charge in [-0.3, -0.25) is 4.40 Å². The molecule has 0 aliphatic carbocycles. The molecule has 0 spiro atoms. The molecule has 0 N–H and O–H groups in total. The van der Waals surface area contributed by atoms with E-state index in [1.54, 1.807) is 11.3 Å². The number of nitrogens with zero attached hydrogens (tertiary/aromatic N) is 2. The Morgan fingerprint density at radius 3 is 2.94 bits per heavy atom. The molecule has 3 aromatic rings. The molecule has 0 amide bonds. The zero-order chi connectivity index (χ0) is 11.1. The maximum absolute atomic E-state index is 4.47. The van der Waals surface area contributed by atoms with Gasteiger partial charge in [-0.2, -0.15) is 0 Å². The maximum Gasteiger partial charge on any atom is 0.154 e. The predicted molar refractivity (Wildman–Crippen MR) is 70.9 cm³/mol. The summed E-state index contributed by atoms with van der Waals surface area (Å²) < 4.78 is 3.25. The van der Waals surface area contributed by atoms with Crippen LogP contribution in [0.4, 0.5) is 0 Å². The molecule has 80 valence electrons. The van der Waals surface area contributed by atoms with E-state index in [4.69, 9.17) is 0 Å². The van der Waals surface area contributed by atoms with Gasteiger partial charge in [0, 0.05) is 6.20 Å². The van der Waals surface area contributed by atoms with Crippen LogP contribution in [0.5, 0.6) is 0 Å². The molecular weight excluding hydrogens is 284 g/mol. The third kappa shape index (κ3) is 1.58. The standard InChI is InChI=1S/C12H9BrN2S/c1-8-4-5-15-9(6-8)7-14-12(15)10-2-3-11(13)16-10/h2-7H,1H3. The normalized spacial score (nSPS) is 11.1. The largest absolute Gasteiger partial charge is 0.299 e. The number of thiophene rings is 1. The molecule has 0 fully saturated rings. The highest BCUT2D eigenvalue weighted by atomic mass is 79.9. The summed E-state index contributed by atoms with van der Waals surface area (Å²) in [4.78, 5) is 5.65. The lowest BCUT2D eigenvalue weighted by atomic mass is 10.3. The molecule has 0 radical (unpaired) electrons. The molecule has 16 heavy (non-hydrogen) atoms. The fourth-order valence-corrected chi connectivity index (χ4v) is 3.11. The fraction of sp³-hybridized carbons (Fsp3) is 0.0833. The quantitative estimate of drug-likeness (QED) is 0.659. The van der Waals surface area contributed by atoms with E-state index in [2.05, 4.69) is 62.7 Å². The number of fused-ring (bicyclic) bond motifs is 1. The van der Waals surface area contributed by atoms with E-state index in [1.165, 1.54) is 10.4 Å². The van der Waals surface area contributed by atoms with E-state index in [0.29, 0.717) is 0 Å². The monoisotopic (exact) mass is 292 g/mol. The van der Waals surface area contributed by atoms with Crippen molar-refractivity contribution < 1.29 is 0 Å². The molecular formula is C12H9BrN2S. The van der Waals surface area contributed by atoms with Gasteiger partial charge in [-0.1, -0.05) is 0 Å². The first-order valence-corrected chi connectivity index (χ1v) is 6.54. The summed E-state index contributed by atoms with van der Waals surface area (Å²) in [6.45, 7) is 2.09. The molecule has 3 rings (SSSR count). The first-order valence-electron chi connectivity index (χ1n) is 4.93. The van der Waals surface area contributed by atoms with Gasteiger partial charge in [0.2, 0.25) is 0 Å². The van der Waals surface area contributed by atoms with Crippen molar-refractivity contribution in [1.29, 1.82) is 0 Å². The number of imidazole rings is 1. The first-order chi connectivity index (χ1) is 7.74. The Kier molecular flexibility index (Phi) is 2.33. The summed E-state index contributed by atoms with van der Waals surface area (Å²) in [5.41, 5.74) is 2.39. The van der Waals surface area contributed by atoms with Gasteiger partial charge in [-0.25, -0.2) is 4.98 Å². The second-order valence-corrected chi connectivity index (χ2v) is 6.15. The average molecular weight is 293 g/mol. The van der Waals surface area contributed by atoms with Gasteiger partial charge >= 0.3 is 0 Å². The molecule has 0 aliphatic heterocycles. The van der Waals surface area contributed by atoms with Crippen molar-refractivity contribution in [2.45, 2.75) is 6.92 Å². The van der Waals surface area contributed by atoms with Crippen LogP contribution < -0.4 is 0 Å². The number of aromatic nitrogens is 2. The number of rotatable bonds is 1. The number of aryl methyl sites for hydroxylation is 1. The highest BCUT2D eigenvalue weighted by Crippen LogP contribution is 2.30. The van der Waals surface area contributed by atoms with Crippen LogP contribution in [0.25, 0.3) is 16.2 Å². The topological polar surface area (TPSA) is 17.3 Å². The second-order valence-electron chi connectivity index (χ2n) is 3.68. The number of pyridine rings is 1. The van der Waals surface area contributed by atoms with Crippen LogP contribution in [0.15, 0.2) is 40.4 Å². The molecule has 0 saturated carbocycles. The minimum Gasteiger partial charge on any atom is -0.299 e. The summed E-state index contributed by atoms with van der Waals surface area (Å²) >= 11 is 5.17. The highest BCUT2D eigenvalue weighted by Gasteiger charge is 2.08. The van der Waals surface area contributed by atoms with Crippen LogP contribution in [-0.4, -0.2) is 9.38 Å². The van der Waals surface area contributed by atoms with Gasteiger partial charge in [0.25, 0.3) is 0 Å². The summed E-state index contributed by atoms with van der Waals surface area (Å²) in [6.07, 6.45) is 3.98. The van der Waals surface area contributed by atoms with Gasteiger partial charge in [0.1, 0.15) is 0 Å². The van der Waals surface area contributed by atoms with Crippen molar-refractivity contribution >= 4 is 32.8 Å². The van der Waals surface area contributed by atoms with Crippen molar-refractivity contribution in [2.24, 2.45) is 0 Å². The van der Waals surface area contributed by atoms with Crippen LogP contribution in [0, 0.1) is 6.92 Å². The lowest BCUT2D eigenvalue weighted by Crippen LogP contribution is -1.87. The Bertz CT molecular complexity index is 654. The van der Waals surface area contributed by atoms with E-state index in [9.17, 15) is 0 Å². The predicted octanol–water partition coefficient (Wildman–Crippen LogP) is 4.13. The zero-order valence-electron chi connectivity index (χ0n) is 8.64. The van der Waals surface area contributed by atoms with Gasteiger partial charge in [0.05, 0.1) is 20.4 Å². The van der Waals surface area contributed by atoms with E-state index >= 15 is 0 Å². The summed E-state index contributed by atoms with van der Waals surface area (Å²) in [5.74, 6) is 1.01. The zero-order valence-corrected chi connectivity index (χ0v) is 11.0.